The van der Waals surface area contributed by atoms with Gasteiger partial charge in [0, 0.05) is 37.7 Å². The third kappa shape index (κ3) is 8.55. The third-order valence-corrected chi connectivity index (χ3v) is 5.31. The number of furan rings is 1. The molecule has 154 valence electrons. The van der Waals surface area contributed by atoms with E-state index in [0.717, 1.165) is 31.9 Å². The predicted octanol–water partition coefficient (Wildman–Crippen LogP) is 1.79. The lowest BCUT2D eigenvalue weighted by molar-refractivity contribution is -0.123. The fraction of sp³-hybridized carbons (Fsp3) is 0.684. The van der Waals surface area contributed by atoms with Crippen molar-refractivity contribution < 1.29 is 29.3 Å². The van der Waals surface area contributed by atoms with Crippen LogP contribution < -0.4 is 5.32 Å². The lowest BCUT2D eigenvalue weighted by Gasteiger charge is -2.35. The predicted molar refractivity (Wildman–Crippen MR) is 100 cm³/mol. The largest absolute Gasteiger partial charge is 0.483 e. The topological polar surface area (TPSA) is 123 Å². The number of carboxylic acid groups (broad SMARTS) is 2. The molecule has 0 bridgehead atoms. The molecule has 1 aliphatic heterocycles. The summed E-state index contributed by atoms with van der Waals surface area (Å²) in [4.78, 5) is 19.2. The number of rotatable bonds is 6. The molecule has 1 aromatic heterocycles. The Hall–Kier alpha value is -1.90. The Morgan fingerprint density at radius 3 is 2.26 bits per heavy atom. The molecule has 0 amide bonds. The zero-order valence-corrected chi connectivity index (χ0v) is 15.8. The van der Waals surface area contributed by atoms with Crippen LogP contribution in [-0.2, 0) is 16.1 Å². The van der Waals surface area contributed by atoms with E-state index in [-0.39, 0.29) is 18.4 Å². The van der Waals surface area contributed by atoms with Crippen LogP contribution in [0.15, 0.2) is 22.8 Å². The number of nitrogens with zero attached hydrogens (tertiary/aromatic N) is 1. The number of nitrogens with one attached hydrogen (secondary N) is 1. The van der Waals surface area contributed by atoms with E-state index in [9.17, 15) is 5.11 Å². The average molecular weight is 384 g/mol. The normalized spacial score (nSPS) is 19.3. The van der Waals surface area contributed by atoms with Gasteiger partial charge >= 0.3 is 0 Å². The van der Waals surface area contributed by atoms with Gasteiger partial charge in [-0.1, -0.05) is 12.8 Å². The van der Waals surface area contributed by atoms with Gasteiger partial charge in [0.15, 0.2) is 0 Å². The van der Waals surface area contributed by atoms with Crippen molar-refractivity contribution in [3.63, 3.8) is 0 Å². The summed E-state index contributed by atoms with van der Waals surface area (Å²) in [6, 6.07) is 4.62. The molecule has 0 atom stereocenters. The van der Waals surface area contributed by atoms with Crippen molar-refractivity contribution in [1.29, 1.82) is 0 Å². The second kappa shape index (κ2) is 13.3. The summed E-state index contributed by atoms with van der Waals surface area (Å²) in [6.07, 6.45) is 9.08. The Morgan fingerprint density at radius 1 is 1.19 bits per heavy atom. The highest BCUT2D eigenvalue weighted by Gasteiger charge is 2.33. The fourth-order valence-corrected chi connectivity index (χ4v) is 3.79. The van der Waals surface area contributed by atoms with E-state index < -0.39 is 0 Å². The standard InChI is InChI=1S/C17H28N2O2.2CH2O2/c20-14-17(7-1-2-8-17)13-18-15-5-9-19(10-6-15)12-16-4-3-11-21-16;2*2-1-3/h3-4,11,15,18,20H,1-2,5-10,12-14H2;2*1H,(H,2,3). The number of likely N-dealkylation sites (tertiary alicyclic amines) is 1. The molecule has 1 saturated heterocycles. The molecule has 0 aromatic carbocycles. The van der Waals surface area contributed by atoms with Gasteiger partial charge in [0.25, 0.3) is 12.9 Å². The Morgan fingerprint density at radius 2 is 1.78 bits per heavy atom. The highest BCUT2D eigenvalue weighted by atomic mass is 16.3. The van der Waals surface area contributed by atoms with Crippen LogP contribution in [-0.4, -0.2) is 65.4 Å². The first-order valence-electron chi connectivity index (χ1n) is 9.37. The van der Waals surface area contributed by atoms with Crippen molar-refractivity contribution in [2.75, 3.05) is 26.2 Å². The van der Waals surface area contributed by atoms with E-state index in [1.807, 2.05) is 6.07 Å². The minimum atomic E-state index is -0.250. The Bertz CT molecular complexity index is 488. The minimum Gasteiger partial charge on any atom is -0.483 e. The molecular weight excluding hydrogens is 352 g/mol. The minimum absolute atomic E-state index is 0.172. The van der Waals surface area contributed by atoms with Crippen LogP contribution in [0.25, 0.3) is 0 Å². The maximum absolute atomic E-state index is 9.67. The van der Waals surface area contributed by atoms with E-state index >= 15 is 0 Å². The summed E-state index contributed by atoms with van der Waals surface area (Å²) >= 11 is 0. The zero-order chi connectivity index (χ0) is 20.0. The fourth-order valence-electron chi connectivity index (χ4n) is 3.79. The van der Waals surface area contributed by atoms with Crippen LogP contribution in [0, 0.1) is 5.41 Å². The van der Waals surface area contributed by atoms with E-state index in [1.54, 1.807) is 6.26 Å². The van der Waals surface area contributed by atoms with Gasteiger partial charge in [0.05, 0.1) is 12.8 Å². The van der Waals surface area contributed by atoms with Gasteiger partial charge < -0.3 is 25.1 Å². The summed E-state index contributed by atoms with van der Waals surface area (Å²) in [7, 11) is 0. The number of carbonyl (C=O) groups is 2. The zero-order valence-electron chi connectivity index (χ0n) is 15.8. The summed E-state index contributed by atoms with van der Waals surface area (Å²) in [5.41, 5.74) is 0.172. The number of hydrogen-bond donors (Lipinski definition) is 4. The summed E-state index contributed by atoms with van der Waals surface area (Å²) in [5.74, 6) is 1.06. The maximum atomic E-state index is 9.67. The molecule has 8 heteroatoms. The SMILES string of the molecule is O=CO.O=CO.OCC1(CNC2CCN(Cc3ccco3)CC2)CCCC1. The molecule has 27 heavy (non-hydrogen) atoms. The quantitative estimate of drug-likeness (QED) is 0.548. The molecule has 3 rings (SSSR count). The van der Waals surface area contributed by atoms with Crippen LogP contribution in [0.1, 0.15) is 44.3 Å². The van der Waals surface area contributed by atoms with Crippen LogP contribution in [0.3, 0.4) is 0 Å². The molecule has 0 spiro atoms. The van der Waals surface area contributed by atoms with E-state index in [4.69, 9.17) is 24.2 Å². The molecule has 4 N–H and O–H groups in total. The Labute approximate surface area is 160 Å². The van der Waals surface area contributed by atoms with E-state index in [0.29, 0.717) is 12.6 Å². The van der Waals surface area contributed by atoms with Crippen LogP contribution in [0.4, 0.5) is 0 Å². The van der Waals surface area contributed by atoms with Crippen molar-refractivity contribution in [2.45, 2.75) is 51.1 Å². The molecule has 0 radical (unpaired) electrons. The summed E-state index contributed by atoms with van der Waals surface area (Å²) < 4.78 is 5.42. The van der Waals surface area contributed by atoms with Crippen molar-refractivity contribution in [3.05, 3.63) is 24.2 Å². The molecule has 8 nitrogen and oxygen atoms in total. The summed E-state index contributed by atoms with van der Waals surface area (Å²) in [5, 5.41) is 27.2. The van der Waals surface area contributed by atoms with Crippen molar-refractivity contribution in [2.24, 2.45) is 5.41 Å². The van der Waals surface area contributed by atoms with Crippen molar-refractivity contribution in [1.82, 2.24) is 10.2 Å². The molecular formula is C19H32N2O6. The monoisotopic (exact) mass is 384 g/mol. The molecule has 2 fully saturated rings. The van der Waals surface area contributed by atoms with Crippen molar-refractivity contribution >= 4 is 12.9 Å². The highest BCUT2D eigenvalue weighted by molar-refractivity contribution is 5.33. The van der Waals surface area contributed by atoms with E-state index in [2.05, 4.69) is 16.3 Å². The highest BCUT2D eigenvalue weighted by Crippen LogP contribution is 2.37. The first-order valence-corrected chi connectivity index (χ1v) is 9.37. The van der Waals surface area contributed by atoms with Crippen LogP contribution in [0.5, 0.6) is 0 Å². The molecule has 1 aliphatic carbocycles. The van der Waals surface area contributed by atoms with Crippen molar-refractivity contribution in [3.8, 4) is 0 Å². The van der Waals surface area contributed by atoms with Crippen LogP contribution >= 0.6 is 0 Å². The maximum Gasteiger partial charge on any atom is 0.290 e. The molecule has 1 aromatic rings. The summed E-state index contributed by atoms with van der Waals surface area (Å²) in [6.45, 7) is 4.03. The molecule has 0 unspecified atom stereocenters. The number of piperidine rings is 1. The molecule has 1 saturated carbocycles. The molecule has 2 heterocycles. The first-order chi connectivity index (χ1) is 13.1. The first kappa shape index (κ1) is 23.1. The average Bonchev–Trinajstić information content (AvgIpc) is 3.35. The number of aliphatic hydroxyl groups excluding tert-OH is 1. The molecule has 2 aliphatic rings. The number of aliphatic hydroxyl groups is 1. The van der Waals surface area contributed by atoms with Gasteiger partial charge in [-0.15, -0.1) is 0 Å². The number of hydrogen-bond acceptors (Lipinski definition) is 6. The van der Waals surface area contributed by atoms with Crippen LogP contribution in [0.2, 0.25) is 0 Å². The Balaban J connectivity index is 0.000000540. The van der Waals surface area contributed by atoms with Gasteiger partial charge in [-0.2, -0.15) is 0 Å². The Kier molecular flexibility index (Phi) is 11.4. The van der Waals surface area contributed by atoms with Gasteiger partial charge in [-0.3, -0.25) is 14.5 Å². The lowest BCUT2D eigenvalue weighted by Crippen LogP contribution is -2.46. The van der Waals surface area contributed by atoms with E-state index in [1.165, 1.54) is 38.5 Å². The smallest absolute Gasteiger partial charge is 0.290 e. The van der Waals surface area contributed by atoms with Gasteiger partial charge in [-0.05, 0) is 37.8 Å². The van der Waals surface area contributed by atoms with Gasteiger partial charge in [-0.25, -0.2) is 0 Å². The third-order valence-electron chi connectivity index (χ3n) is 5.31. The second-order valence-corrected chi connectivity index (χ2v) is 7.09. The van der Waals surface area contributed by atoms with Gasteiger partial charge in [0.1, 0.15) is 5.76 Å². The van der Waals surface area contributed by atoms with Gasteiger partial charge in [0.2, 0.25) is 0 Å². The second-order valence-electron chi connectivity index (χ2n) is 7.09. The lowest BCUT2D eigenvalue weighted by atomic mass is 9.86.